The molecule has 0 saturated heterocycles. The zero-order valence-electron chi connectivity index (χ0n) is 14.3. The van der Waals surface area contributed by atoms with Crippen molar-refractivity contribution in [2.45, 2.75) is 0 Å². The second kappa shape index (κ2) is 10.8. The van der Waals surface area contributed by atoms with E-state index in [2.05, 4.69) is 5.32 Å². The van der Waals surface area contributed by atoms with Gasteiger partial charge in [0.25, 0.3) is 5.91 Å². The van der Waals surface area contributed by atoms with Crippen molar-refractivity contribution in [1.29, 1.82) is 0 Å². The molecule has 0 saturated carbocycles. The summed E-state index contributed by atoms with van der Waals surface area (Å²) in [4.78, 5) is 48.3. The summed E-state index contributed by atoms with van der Waals surface area (Å²) < 4.78 is 1.06. The molecule has 15 heteroatoms. The number of rotatable bonds is 5. The first-order valence-corrected chi connectivity index (χ1v) is 13.9. The SMILES string of the molecule is Nc1c(I)c(C(=O)O)c(I)c(C(=O)Nc2c(I)c(C(=O)O)c(I)c(C(=O)O)c2I)c1I. The highest BCUT2D eigenvalue weighted by Crippen LogP contribution is 2.38. The third-order valence-electron chi connectivity index (χ3n) is 3.78. The second-order valence-electron chi connectivity index (χ2n) is 5.54. The van der Waals surface area contributed by atoms with E-state index in [-0.39, 0.29) is 51.5 Å². The zero-order valence-corrected chi connectivity index (χ0v) is 27.3. The molecule has 0 aliphatic heterocycles. The number of nitrogens with two attached hydrogens (primary N) is 1. The molecule has 0 radical (unpaired) electrons. The largest absolute Gasteiger partial charge is 0.478 e. The Kier molecular flexibility index (Phi) is 9.69. The quantitative estimate of drug-likeness (QED) is 0.200. The van der Waals surface area contributed by atoms with Crippen LogP contribution < -0.4 is 11.1 Å². The molecule has 2 rings (SSSR count). The van der Waals surface area contributed by atoms with E-state index in [1.165, 1.54) is 0 Å². The first kappa shape index (κ1) is 27.7. The Labute approximate surface area is 255 Å². The Hall–Kier alpha value is 0.500. The highest BCUT2D eigenvalue weighted by atomic mass is 127. The van der Waals surface area contributed by atoms with Gasteiger partial charge in [0.2, 0.25) is 0 Å². The molecule has 164 valence electrons. The Morgan fingerprint density at radius 3 is 1.29 bits per heavy atom. The van der Waals surface area contributed by atoms with Crippen LogP contribution in [0.5, 0.6) is 0 Å². The Morgan fingerprint density at radius 2 is 0.903 bits per heavy atom. The highest BCUT2D eigenvalue weighted by molar-refractivity contribution is 14.1. The molecule has 9 nitrogen and oxygen atoms in total. The molecule has 2 aromatic carbocycles. The number of carbonyl (C=O) groups excluding carboxylic acids is 1. The molecule has 0 atom stereocenters. The van der Waals surface area contributed by atoms with Gasteiger partial charge >= 0.3 is 17.9 Å². The first-order valence-electron chi connectivity index (χ1n) is 7.41. The van der Waals surface area contributed by atoms with E-state index < -0.39 is 23.8 Å². The van der Waals surface area contributed by atoms with E-state index in [1.54, 1.807) is 113 Å². The van der Waals surface area contributed by atoms with Crippen LogP contribution in [-0.2, 0) is 0 Å². The summed E-state index contributed by atoms with van der Waals surface area (Å²) >= 11 is 10.5. The lowest BCUT2D eigenvalue weighted by molar-refractivity contribution is 0.0678. The van der Waals surface area contributed by atoms with Crippen LogP contribution >= 0.6 is 136 Å². The van der Waals surface area contributed by atoms with Crippen LogP contribution in [0, 0.1) is 21.4 Å². The molecule has 6 N–H and O–H groups in total. The lowest BCUT2D eigenvalue weighted by Crippen LogP contribution is -2.23. The van der Waals surface area contributed by atoms with E-state index in [9.17, 15) is 34.5 Å². The minimum atomic E-state index is -1.35. The molecule has 0 unspecified atom stereocenters. The summed E-state index contributed by atoms with van der Waals surface area (Å²) in [6, 6.07) is 0. The molecule has 1 amide bonds. The maximum atomic E-state index is 13.2. The number of carboxylic acids is 3. The van der Waals surface area contributed by atoms with Crippen molar-refractivity contribution in [2.75, 3.05) is 11.1 Å². The van der Waals surface area contributed by atoms with E-state index in [4.69, 9.17) is 5.73 Å². The summed E-state index contributed by atoms with van der Waals surface area (Å²) in [5.74, 6) is -4.70. The molecule has 0 bridgehead atoms. The van der Waals surface area contributed by atoms with E-state index >= 15 is 0 Å². The van der Waals surface area contributed by atoms with Crippen LogP contribution in [0.25, 0.3) is 0 Å². The number of amides is 1. The van der Waals surface area contributed by atoms with Gasteiger partial charge in [-0.25, -0.2) is 14.4 Å². The van der Waals surface area contributed by atoms with Gasteiger partial charge in [-0.15, -0.1) is 0 Å². The van der Waals surface area contributed by atoms with E-state index in [0.717, 1.165) is 0 Å². The minimum Gasteiger partial charge on any atom is -0.478 e. The predicted molar refractivity (Wildman–Crippen MR) is 162 cm³/mol. The molecule has 2 aromatic rings. The van der Waals surface area contributed by atoms with Gasteiger partial charge in [-0.3, -0.25) is 4.79 Å². The number of hydrogen-bond donors (Lipinski definition) is 5. The topological polar surface area (TPSA) is 167 Å². The lowest BCUT2D eigenvalue weighted by Gasteiger charge is -2.18. The fraction of sp³-hybridized carbons (Fsp3) is 0. The molecule has 0 spiro atoms. The standard InChI is InChI=1S/C16H6I6N2O7/c17-5-1(7(19)11(23)8(20)2(5)14(26)27)13(25)24-12-9(21)3(15(28)29)6(18)4(10(12)22)16(30)31/h23H2,(H,24,25)(H,26,27)(H,28,29)(H,30,31). The van der Waals surface area contributed by atoms with E-state index in [0.29, 0.717) is 3.57 Å². The predicted octanol–water partition coefficient (Wildman–Crippen LogP) is 5.24. The van der Waals surface area contributed by atoms with Crippen molar-refractivity contribution in [1.82, 2.24) is 0 Å². The van der Waals surface area contributed by atoms with Gasteiger partial charge in [0.05, 0.1) is 47.9 Å². The van der Waals surface area contributed by atoms with Gasteiger partial charge in [0.1, 0.15) is 0 Å². The number of hydrogen-bond acceptors (Lipinski definition) is 5. The van der Waals surface area contributed by atoms with Crippen molar-refractivity contribution in [3.05, 3.63) is 43.7 Å². The smallest absolute Gasteiger partial charge is 0.337 e. The molecular weight excluding hydrogens is 1090 g/mol. The summed E-state index contributed by atoms with van der Waals surface area (Å²) in [5.41, 5.74) is 5.48. The molecule has 31 heavy (non-hydrogen) atoms. The number of carboxylic acid groups (broad SMARTS) is 3. The first-order chi connectivity index (χ1) is 14.2. The summed E-state index contributed by atoms with van der Waals surface area (Å²) in [5, 5.41) is 31.2. The Morgan fingerprint density at radius 1 is 0.581 bits per heavy atom. The van der Waals surface area contributed by atoms with Gasteiger partial charge < -0.3 is 26.4 Å². The molecule has 0 fully saturated rings. The van der Waals surface area contributed by atoms with Crippen LogP contribution in [0.15, 0.2) is 0 Å². The zero-order chi connectivity index (χ0) is 23.9. The highest BCUT2D eigenvalue weighted by Gasteiger charge is 2.31. The Bertz CT molecular complexity index is 1160. The average Bonchev–Trinajstić information content (AvgIpc) is 2.62. The second-order valence-corrected chi connectivity index (χ2v) is 12.0. The average molecular weight is 1100 g/mol. The maximum Gasteiger partial charge on any atom is 0.337 e. The fourth-order valence-corrected chi connectivity index (χ4v) is 10.9. The number of halogens is 6. The van der Waals surface area contributed by atoms with Gasteiger partial charge in [-0.1, -0.05) is 0 Å². The number of nitrogen functional groups attached to an aromatic ring is 1. The lowest BCUT2D eigenvalue weighted by atomic mass is 10.1. The Balaban J connectivity index is 2.80. The normalized spacial score (nSPS) is 10.6. The summed E-state index contributed by atoms with van der Waals surface area (Å²) in [7, 11) is 0. The van der Waals surface area contributed by atoms with Crippen LogP contribution in [0.4, 0.5) is 11.4 Å². The number of carbonyl (C=O) groups is 4. The maximum absolute atomic E-state index is 13.2. The molecular formula is C16H6I6N2O7. The molecule has 0 aromatic heterocycles. The van der Waals surface area contributed by atoms with E-state index in [1.807, 2.05) is 22.6 Å². The molecule has 0 heterocycles. The van der Waals surface area contributed by atoms with Crippen LogP contribution in [0.1, 0.15) is 41.4 Å². The van der Waals surface area contributed by atoms with Crippen molar-refractivity contribution in [3.8, 4) is 0 Å². The van der Waals surface area contributed by atoms with Crippen LogP contribution in [0.2, 0.25) is 0 Å². The minimum absolute atomic E-state index is 0.00186. The number of anilines is 2. The number of nitrogens with one attached hydrogen (secondary N) is 1. The third kappa shape index (κ3) is 5.28. The molecule has 0 aliphatic rings. The van der Waals surface area contributed by atoms with Gasteiger partial charge in [-0.2, -0.15) is 0 Å². The summed E-state index contributed by atoms with van der Waals surface area (Å²) in [6.45, 7) is 0. The molecule has 0 aliphatic carbocycles. The van der Waals surface area contributed by atoms with Crippen molar-refractivity contribution in [3.63, 3.8) is 0 Å². The summed E-state index contributed by atoms with van der Waals surface area (Å²) in [6.07, 6.45) is 0. The van der Waals surface area contributed by atoms with Gasteiger partial charge in [0, 0.05) is 7.14 Å². The monoisotopic (exact) mass is 1100 g/mol. The van der Waals surface area contributed by atoms with Crippen LogP contribution in [-0.4, -0.2) is 39.1 Å². The van der Waals surface area contributed by atoms with Gasteiger partial charge in [0.15, 0.2) is 0 Å². The van der Waals surface area contributed by atoms with Crippen molar-refractivity contribution in [2.24, 2.45) is 0 Å². The van der Waals surface area contributed by atoms with Crippen LogP contribution in [0.3, 0.4) is 0 Å². The fourth-order valence-electron chi connectivity index (χ4n) is 2.40. The third-order valence-corrected chi connectivity index (χ3v) is 10.3. The van der Waals surface area contributed by atoms with Gasteiger partial charge in [-0.05, 0) is 136 Å². The van der Waals surface area contributed by atoms with Crippen molar-refractivity contribution < 1.29 is 34.5 Å². The number of aromatic carboxylic acids is 3. The number of benzene rings is 2. The van der Waals surface area contributed by atoms with Crippen molar-refractivity contribution >= 4 is 171 Å².